The van der Waals surface area contributed by atoms with Crippen LogP contribution in [0.3, 0.4) is 0 Å². The predicted octanol–water partition coefficient (Wildman–Crippen LogP) is 3.25. The molecule has 3 atom stereocenters. The van der Waals surface area contributed by atoms with Crippen LogP contribution in [0.5, 0.6) is 5.88 Å². The number of rotatable bonds is 6. The summed E-state index contributed by atoms with van der Waals surface area (Å²) in [6.45, 7) is 5.95. The standard InChI is InChI=1S/C25H30FN3O4/c1-5-7-18-10-21-23(27-12-18)33-22(16(2)13-29(25(21)32)17(3)15-30)14-28(4)24(31)19-8-6-9-20(26)11-19/h5-12,16-17,22,30H,13-15H2,1-4H3/t16-,17+,22-/m1/s1. The van der Waals surface area contributed by atoms with Crippen molar-refractivity contribution in [2.75, 3.05) is 26.7 Å². The molecular formula is C25H30FN3O4. The zero-order chi connectivity index (χ0) is 24.1. The Labute approximate surface area is 193 Å². The Morgan fingerprint density at radius 3 is 2.85 bits per heavy atom. The lowest BCUT2D eigenvalue weighted by atomic mass is 9.99. The SMILES string of the molecule is CC=Cc1cnc2c(c1)C(=O)N([C@@H](C)CO)C[C@@H](C)[C@@H](CN(C)C(=O)c1cccc(F)c1)O2. The summed E-state index contributed by atoms with van der Waals surface area (Å²) in [5.74, 6) is -1.06. The number of halogens is 1. The van der Waals surface area contributed by atoms with Crippen molar-refractivity contribution in [1.82, 2.24) is 14.8 Å². The van der Waals surface area contributed by atoms with Crippen LogP contribution in [0, 0.1) is 11.7 Å². The van der Waals surface area contributed by atoms with E-state index in [4.69, 9.17) is 4.74 Å². The van der Waals surface area contributed by atoms with Crippen molar-refractivity contribution >= 4 is 17.9 Å². The molecular weight excluding hydrogens is 425 g/mol. The molecule has 0 aliphatic carbocycles. The first-order valence-electron chi connectivity index (χ1n) is 11.0. The van der Waals surface area contributed by atoms with Gasteiger partial charge >= 0.3 is 0 Å². The fourth-order valence-corrected chi connectivity index (χ4v) is 3.81. The van der Waals surface area contributed by atoms with E-state index in [-0.39, 0.29) is 42.3 Å². The Morgan fingerprint density at radius 1 is 1.42 bits per heavy atom. The Kier molecular flexibility index (Phi) is 7.81. The summed E-state index contributed by atoms with van der Waals surface area (Å²) in [6, 6.07) is 6.86. The van der Waals surface area contributed by atoms with Crippen molar-refractivity contribution in [1.29, 1.82) is 0 Å². The van der Waals surface area contributed by atoms with Crippen LogP contribution in [0.4, 0.5) is 4.39 Å². The highest BCUT2D eigenvalue weighted by molar-refractivity contribution is 5.97. The lowest BCUT2D eigenvalue weighted by Crippen LogP contribution is -2.50. The van der Waals surface area contributed by atoms with Gasteiger partial charge in [-0.05, 0) is 43.7 Å². The van der Waals surface area contributed by atoms with E-state index in [1.54, 1.807) is 37.2 Å². The second kappa shape index (κ2) is 10.6. The van der Waals surface area contributed by atoms with Gasteiger partial charge in [0, 0.05) is 31.3 Å². The van der Waals surface area contributed by atoms with Crippen LogP contribution < -0.4 is 4.74 Å². The topological polar surface area (TPSA) is 83.0 Å². The number of carbonyl (C=O) groups excluding carboxylic acids is 2. The quantitative estimate of drug-likeness (QED) is 0.723. The molecule has 0 saturated carbocycles. The summed E-state index contributed by atoms with van der Waals surface area (Å²) in [4.78, 5) is 33.6. The summed E-state index contributed by atoms with van der Waals surface area (Å²) in [5.41, 5.74) is 1.31. The smallest absolute Gasteiger partial charge is 0.259 e. The minimum Gasteiger partial charge on any atom is -0.472 e. The molecule has 0 fully saturated rings. The van der Waals surface area contributed by atoms with Crippen LogP contribution >= 0.6 is 0 Å². The average molecular weight is 456 g/mol. The van der Waals surface area contributed by atoms with Crippen LogP contribution in [0.2, 0.25) is 0 Å². The number of hydrogen-bond acceptors (Lipinski definition) is 5. The van der Waals surface area contributed by atoms with E-state index in [1.807, 2.05) is 26.0 Å². The number of benzene rings is 1. The number of nitrogens with zero attached hydrogens (tertiary/aromatic N) is 3. The molecule has 7 nitrogen and oxygen atoms in total. The van der Waals surface area contributed by atoms with Gasteiger partial charge in [-0.1, -0.05) is 25.1 Å². The van der Waals surface area contributed by atoms with Gasteiger partial charge in [-0.3, -0.25) is 9.59 Å². The molecule has 0 radical (unpaired) electrons. The van der Waals surface area contributed by atoms with Gasteiger partial charge in [0.1, 0.15) is 17.5 Å². The number of aliphatic hydroxyl groups excluding tert-OH is 1. The average Bonchev–Trinajstić information content (AvgIpc) is 2.80. The van der Waals surface area contributed by atoms with Crippen LogP contribution in [-0.4, -0.2) is 70.6 Å². The molecule has 176 valence electrons. The maximum atomic E-state index is 13.6. The Balaban J connectivity index is 1.93. The molecule has 33 heavy (non-hydrogen) atoms. The number of aliphatic hydroxyl groups is 1. The Hall–Kier alpha value is -3.26. The molecule has 1 aromatic carbocycles. The normalized spacial score (nSPS) is 19.5. The van der Waals surface area contributed by atoms with Gasteiger partial charge < -0.3 is 19.6 Å². The second-order valence-corrected chi connectivity index (χ2v) is 8.44. The summed E-state index contributed by atoms with van der Waals surface area (Å²) in [6.07, 6.45) is 4.83. The molecule has 1 N–H and O–H groups in total. The van der Waals surface area contributed by atoms with Crippen molar-refractivity contribution in [3.8, 4) is 5.88 Å². The summed E-state index contributed by atoms with van der Waals surface area (Å²) < 4.78 is 19.8. The van der Waals surface area contributed by atoms with Crippen LogP contribution in [0.25, 0.3) is 6.08 Å². The number of ether oxygens (including phenoxy) is 1. The molecule has 0 saturated heterocycles. The van der Waals surface area contributed by atoms with E-state index in [0.717, 1.165) is 5.56 Å². The molecule has 0 unspecified atom stereocenters. The minimum absolute atomic E-state index is 0.170. The van der Waals surface area contributed by atoms with Crippen molar-refractivity contribution in [2.24, 2.45) is 5.92 Å². The first-order chi connectivity index (χ1) is 15.7. The third kappa shape index (κ3) is 5.57. The summed E-state index contributed by atoms with van der Waals surface area (Å²) in [5, 5.41) is 9.74. The first kappa shape index (κ1) is 24.4. The predicted molar refractivity (Wildman–Crippen MR) is 123 cm³/mol. The molecule has 8 heteroatoms. The first-order valence-corrected chi connectivity index (χ1v) is 11.0. The van der Waals surface area contributed by atoms with Crippen molar-refractivity contribution in [2.45, 2.75) is 32.9 Å². The third-order valence-electron chi connectivity index (χ3n) is 5.77. The van der Waals surface area contributed by atoms with Gasteiger partial charge in [-0.15, -0.1) is 0 Å². The Morgan fingerprint density at radius 2 is 2.18 bits per heavy atom. The molecule has 1 aromatic heterocycles. The molecule has 0 bridgehead atoms. The van der Waals surface area contributed by atoms with Crippen LogP contribution in [0.1, 0.15) is 47.1 Å². The van der Waals surface area contributed by atoms with Crippen LogP contribution in [-0.2, 0) is 0 Å². The van der Waals surface area contributed by atoms with Crippen molar-refractivity contribution in [3.63, 3.8) is 0 Å². The molecule has 3 rings (SSSR count). The van der Waals surface area contributed by atoms with Gasteiger partial charge in [0.05, 0.1) is 19.2 Å². The number of carbonyl (C=O) groups is 2. The maximum absolute atomic E-state index is 13.6. The van der Waals surface area contributed by atoms with Gasteiger partial charge in [0.25, 0.3) is 11.8 Å². The van der Waals surface area contributed by atoms with Gasteiger partial charge in [-0.2, -0.15) is 0 Å². The molecule has 2 heterocycles. The number of likely N-dealkylation sites (N-methyl/N-ethyl adjacent to an activating group) is 1. The summed E-state index contributed by atoms with van der Waals surface area (Å²) in [7, 11) is 1.63. The van der Waals surface area contributed by atoms with Gasteiger partial charge in [-0.25, -0.2) is 9.37 Å². The number of pyridine rings is 1. The molecule has 1 aliphatic rings. The minimum atomic E-state index is -0.480. The lowest BCUT2D eigenvalue weighted by molar-refractivity contribution is 0.0313. The number of amides is 2. The number of aromatic nitrogens is 1. The lowest BCUT2D eigenvalue weighted by Gasteiger charge is -2.37. The third-order valence-corrected chi connectivity index (χ3v) is 5.77. The highest BCUT2D eigenvalue weighted by Gasteiger charge is 2.34. The van der Waals surface area contributed by atoms with E-state index >= 15 is 0 Å². The number of fused-ring (bicyclic) bond motifs is 1. The fraction of sp³-hybridized carbons (Fsp3) is 0.400. The highest BCUT2D eigenvalue weighted by atomic mass is 19.1. The van der Waals surface area contributed by atoms with Crippen LogP contribution in [0.15, 0.2) is 42.6 Å². The van der Waals surface area contributed by atoms with Crippen molar-refractivity contribution in [3.05, 3.63) is 65.1 Å². The molecule has 2 aromatic rings. The molecule has 1 aliphatic heterocycles. The van der Waals surface area contributed by atoms with Gasteiger partial charge in [0.2, 0.25) is 5.88 Å². The van der Waals surface area contributed by atoms with Gasteiger partial charge in [0.15, 0.2) is 0 Å². The molecule has 2 amide bonds. The van der Waals surface area contributed by atoms with E-state index in [2.05, 4.69) is 4.98 Å². The largest absolute Gasteiger partial charge is 0.472 e. The zero-order valence-electron chi connectivity index (χ0n) is 19.4. The molecule has 0 spiro atoms. The number of hydrogen-bond donors (Lipinski definition) is 1. The Bertz CT molecular complexity index is 1040. The number of allylic oxidation sites excluding steroid dienone is 1. The highest BCUT2D eigenvalue weighted by Crippen LogP contribution is 2.28. The van der Waals surface area contributed by atoms with E-state index in [0.29, 0.717) is 12.1 Å². The second-order valence-electron chi connectivity index (χ2n) is 8.44. The summed E-state index contributed by atoms with van der Waals surface area (Å²) >= 11 is 0. The fourth-order valence-electron chi connectivity index (χ4n) is 3.81. The maximum Gasteiger partial charge on any atom is 0.259 e. The monoisotopic (exact) mass is 455 g/mol. The van der Waals surface area contributed by atoms with Crippen molar-refractivity contribution < 1.29 is 23.8 Å². The zero-order valence-corrected chi connectivity index (χ0v) is 19.4. The van der Waals surface area contributed by atoms with E-state index in [1.165, 1.54) is 23.1 Å². The van der Waals surface area contributed by atoms with E-state index in [9.17, 15) is 19.1 Å². The van der Waals surface area contributed by atoms with E-state index < -0.39 is 18.0 Å².